The molecule has 1 heteroatoms. The largest absolute Gasteiger partial charge is 0.330 e. The van der Waals surface area contributed by atoms with Gasteiger partial charge in [0.2, 0.25) is 0 Å². The predicted octanol–water partition coefficient (Wildman–Crippen LogP) is 2.41. The summed E-state index contributed by atoms with van der Waals surface area (Å²) in [6.45, 7) is 10.2. The van der Waals surface area contributed by atoms with Crippen molar-refractivity contribution in [2.24, 2.45) is 22.5 Å². The van der Waals surface area contributed by atoms with Crippen LogP contribution in [0.1, 0.15) is 40.5 Å². The first-order valence-electron chi connectivity index (χ1n) is 4.64. The highest BCUT2D eigenvalue weighted by Crippen LogP contribution is 2.54. The third-order valence-electron chi connectivity index (χ3n) is 4.37. The SMILES string of the molecule is C[C@H]1CC[C@](C)(CN)C1(C)C. The van der Waals surface area contributed by atoms with Crippen molar-refractivity contribution in [2.75, 3.05) is 6.54 Å². The Labute approximate surface area is 70.4 Å². The fraction of sp³-hybridized carbons (Fsp3) is 1.00. The second kappa shape index (κ2) is 2.48. The predicted molar refractivity (Wildman–Crippen MR) is 49.3 cm³/mol. The van der Waals surface area contributed by atoms with E-state index in [-0.39, 0.29) is 0 Å². The lowest BCUT2D eigenvalue weighted by atomic mass is 9.66. The van der Waals surface area contributed by atoms with Crippen molar-refractivity contribution >= 4 is 0 Å². The molecule has 1 nitrogen and oxygen atoms in total. The van der Waals surface area contributed by atoms with Crippen molar-refractivity contribution in [3.05, 3.63) is 0 Å². The van der Waals surface area contributed by atoms with Gasteiger partial charge in [0.1, 0.15) is 0 Å². The van der Waals surface area contributed by atoms with Gasteiger partial charge in [-0.15, -0.1) is 0 Å². The molecule has 1 aliphatic carbocycles. The van der Waals surface area contributed by atoms with Gasteiger partial charge >= 0.3 is 0 Å². The second-order valence-electron chi connectivity index (χ2n) is 4.93. The zero-order valence-corrected chi connectivity index (χ0v) is 8.28. The summed E-state index contributed by atoms with van der Waals surface area (Å²) in [7, 11) is 0. The van der Waals surface area contributed by atoms with E-state index in [1.165, 1.54) is 12.8 Å². The van der Waals surface area contributed by atoms with Gasteiger partial charge in [0.25, 0.3) is 0 Å². The molecule has 11 heavy (non-hydrogen) atoms. The van der Waals surface area contributed by atoms with Crippen LogP contribution in [0.25, 0.3) is 0 Å². The molecule has 0 aliphatic heterocycles. The molecular formula is C10H21N. The average Bonchev–Trinajstić information content (AvgIpc) is 2.15. The highest BCUT2D eigenvalue weighted by Gasteiger charge is 2.48. The van der Waals surface area contributed by atoms with Gasteiger partial charge in [-0.05, 0) is 36.1 Å². The zero-order valence-electron chi connectivity index (χ0n) is 8.28. The number of hydrogen-bond donors (Lipinski definition) is 1. The molecular weight excluding hydrogens is 134 g/mol. The minimum atomic E-state index is 0.381. The van der Waals surface area contributed by atoms with Crippen molar-refractivity contribution in [3.8, 4) is 0 Å². The lowest BCUT2D eigenvalue weighted by Gasteiger charge is -2.40. The molecule has 0 amide bonds. The summed E-state index contributed by atoms with van der Waals surface area (Å²) < 4.78 is 0. The molecule has 0 heterocycles. The molecule has 0 aromatic carbocycles. The summed E-state index contributed by atoms with van der Waals surface area (Å²) in [6, 6.07) is 0. The standard InChI is InChI=1S/C10H21N/c1-8-5-6-10(4,7-11)9(8,2)3/h8H,5-7,11H2,1-4H3/t8-,10+/m0/s1. The summed E-state index contributed by atoms with van der Waals surface area (Å²) in [5.41, 5.74) is 6.62. The Hall–Kier alpha value is -0.0400. The van der Waals surface area contributed by atoms with Crippen LogP contribution in [0.3, 0.4) is 0 Å². The Morgan fingerprint density at radius 1 is 1.36 bits per heavy atom. The van der Waals surface area contributed by atoms with Crippen LogP contribution in [0, 0.1) is 16.7 Å². The Kier molecular flexibility index (Phi) is 2.04. The Bertz CT molecular complexity index is 148. The summed E-state index contributed by atoms with van der Waals surface area (Å²) in [6.07, 6.45) is 2.65. The van der Waals surface area contributed by atoms with Crippen LogP contribution in [-0.2, 0) is 0 Å². The molecule has 0 aromatic heterocycles. The molecule has 1 fully saturated rings. The van der Waals surface area contributed by atoms with Gasteiger partial charge in [0.15, 0.2) is 0 Å². The first-order valence-corrected chi connectivity index (χ1v) is 4.64. The van der Waals surface area contributed by atoms with Crippen molar-refractivity contribution in [1.82, 2.24) is 0 Å². The van der Waals surface area contributed by atoms with E-state index in [1.807, 2.05) is 0 Å². The lowest BCUT2D eigenvalue weighted by molar-refractivity contribution is 0.105. The first-order chi connectivity index (χ1) is 4.94. The van der Waals surface area contributed by atoms with Crippen LogP contribution >= 0.6 is 0 Å². The molecule has 0 saturated heterocycles. The molecule has 0 bridgehead atoms. The average molecular weight is 155 g/mol. The maximum Gasteiger partial charge on any atom is -0.00180 e. The third kappa shape index (κ3) is 1.10. The zero-order chi connectivity index (χ0) is 8.70. The Morgan fingerprint density at radius 2 is 1.91 bits per heavy atom. The molecule has 0 aromatic rings. The molecule has 0 spiro atoms. The third-order valence-corrected chi connectivity index (χ3v) is 4.37. The molecule has 66 valence electrons. The number of rotatable bonds is 1. The van der Waals surface area contributed by atoms with Gasteiger partial charge in [-0.25, -0.2) is 0 Å². The molecule has 0 unspecified atom stereocenters. The summed E-state index contributed by atoms with van der Waals surface area (Å²) in [5.74, 6) is 0.830. The van der Waals surface area contributed by atoms with Crippen LogP contribution < -0.4 is 5.73 Å². The summed E-state index contributed by atoms with van der Waals surface area (Å²) in [5, 5.41) is 0. The molecule has 2 atom stereocenters. The lowest BCUT2D eigenvalue weighted by Crippen LogP contribution is -2.39. The maximum absolute atomic E-state index is 5.81. The van der Waals surface area contributed by atoms with E-state index in [1.54, 1.807) is 0 Å². The van der Waals surface area contributed by atoms with Crippen molar-refractivity contribution in [1.29, 1.82) is 0 Å². The molecule has 0 radical (unpaired) electrons. The van der Waals surface area contributed by atoms with Gasteiger partial charge in [-0.2, -0.15) is 0 Å². The van der Waals surface area contributed by atoms with Gasteiger partial charge in [-0.1, -0.05) is 27.7 Å². The second-order valence-corrected chi connectivity index (χ2v) is 4.93. The fourth-order valence-electron chi connectivity index (χ4n) is 2.18. The van der Waals surface area contributed by atoms with Crippen molar-refractivity contribution in [2.45, 2.75) is 40.5 Å². The van der Waals surface area contributed by atoms with E-state index >= 15 is 0 Å². The van der Waals surface area contributed by atoms with E-state index in [4.69, 9.17) is 5.73 Å². The monoisotopic (exact) mass is 155 g/mol. The van der Waals surface area contributed by atoms with Crippen LogP contribution in [0.4, 0.5) is 0 Å². The summed E-state index contributed by atoms with van der Waals surface area (Å²) in [4.78, 5) is 0. The minimum Gasteiger partial charge on any atom is -0.330 e. The van der Waals surface area contributed by atoms with Gasteiger partial charge < -0.3 is 5.73 Å². The highest BCUT2D eigenvalue weighted by molar-refractivity contribution is 4.98. The van der Waals surface area contributed by atoms with Crippen LogP contribution in [0.2, 0.25) is 0 Å². The van der Waals surface area contributed by atoms with Gasteiger partial charge in [0.05, 0.1) is 0 Å². The minimum absolute atomic E-state index is 0.381. The fourth-order valence-corrected chi connectivity index (χ4v) is 2.18. The molecule has 1 rings (SSSR count). The van der Waals surface area contributed by atoms with Crippen molar-refractivity contribution in [3.63, 3.8) is 0 Å². The van der Waals surface area contributed by atoms with Gasteiger partial charge in [0, 0.05) is 0 Å². The smallest absolute Gasteiger partial charge is 0.00180 e. The van der Waals surface area contributed by atoms with Crippen LogP contribution in [0.15, 0.2) is 0 Å². The van der Waals surface area contributed by atoms with Crippen LogP contribution in [-0.4, -0.2) is 6.54 Å². The highest BCUT2D eigenvalue weighted by atomic mass is 14.7. The number of nitrogens with two attached hydrogens (primary N) is 1. The van der Waals surface area contributed by atoms with Gasteiger partial charge in [-0.3, -0.25) is 0 Å². The molecule has 2 N–H and O–H groups in total. The molecule has 1 saturated carbocycles. The van der Waals surface area contributed by atoms with Crippen molar-refractivity contribution < 1.29 is 0 Å². The summed E-state index contributed by atoms with van der Waals surface area (Å²) >= 11 is 0. The number of hydrogen-bond acceptors (Lipinski definition) is 1. The van der Waals surface area contributed by atoms with E-state index in [9.17, 15) is 0 Å². The topological polar surface area (TPSA) is 26.0 Å². The quantitative estimate of drug-likeness (QED) is 0.618. The Balaban J connectivity index is 2.86. The van der Waals surface area contributed by atoms with E-state index < -0.39 is 0 Å². The normalized spacial score (nSPS) is 42.8. The maximum atomic E-state index is 5.81. The van der Waals surface area contributed by atoms with E-state index in [2.05, 4.69) is 27.7 Å². The Morgan fingerprint density at radius 3 is 2.09 bits per heavy atom. The van der Waals surface area contributed by atoms with E-state index in [0.29, 0.717) is 10.8 Å². The first kappa shape index (κ1) is 9.05. The molecule has 1 aliphatic rings. The van der Waals surface area contributed by atoms with E-state index in [0.717, 1.165) is 12.5 Å². The van der Waals surface area contributed by atoms with Crippen LogP contribution in [0.5, 0.6) is 0 Å².